The molecule has 0 N–H and O–H groups in total. The zero-order valence-corrected chi connectivity index (χ0v) is 12.3. The molecular weight excluding hydrogens is 326 g/mol. The molecule has 0 fully saturated rings. The van der Waals surface area contributed by atoms with Gasteiger partial charge in [-0.15, -0.1) is 0 Å². The number of ether oxygens (including phenoxy) is 1. The zero-order chi connectivity index (χ0) is 14.5. The third-order valence-corrected chi connectivity index (χ3v) is 3.04. The molecule has 2 aromatic rings. The predicted octanol–water partition coefficient (Wildman–Crippen LogP) is 2.86. The number of halogens is 1. The van der Waals surface area contributed by atoms with E-state index in [-0.39, 0.29) is 18.3 Å². The van der Waals surface area contributed by atoms with Crippen LogP contribution in [0.4, 0.5) is 5.69 Å². The first-order valence-corrected chi connectivity index (χ1v) is 6.61. The van der Waals surface area contributed by atoms with Gasteiger partial charge in [-0.1, -0.05) is 18.2 Å². The predicted molar refractivity (Wildman–Crippen MR) is 76.5 cm³/mol. The first kappa shape index (κ1) is 14.3. The molecule has 104 valence electrons. The normalized spacial score (nSPS) is 10.1. The lowest BCUT2D eigenvalue weighted by molar-refractivity contribution is -0.121. The first-order valence-electron chi connectivity index (χ1n) is 5.82. The van der Waals surface area contributed by atoms with Crippen molar-refractivity contribution in [2.45, 2.75) is 0 Å². The summed E-state index contributed by atoms with van der Waals surface area (Å²) in [6, 6.07) is 12.1. The van der Waals surface area contributed by atoms with Crippen molar-refractivity contribution >= 4 is 33.5 Å². The van der Waals surface area contributed by atoms with Crippen LogP contribution in [0.1, 0.15) is 10.6 Å². The van der Waals surface area contributed by atoms with Crippen LogP contribution in [0, 0.1) is 0 Å². The minimum atomic E-state index is -0.675. The summed E-state index contributed by atoms with van der Waals surface area (Å²) in [6.45, 7) is -0.345. The molecule has 0 aliphatic carbocycles. The molecule has 1 aromatic carbocycles. The number of esters is 1. The van der Waals surface area contributed by atoms with E-state index < -0.39 is 5.97 Å². The van der Waals surface area contributed by atoms with Crippen LogP contribution in [0.3, 0.4) is 0 Å². The molecule has 0 unspecified atom stereocenters. The number of carbonyl (C=O) groups is 2. The molecule has 0 aliphatic heterocycles. The molecule has 2 rings (SSSR count). The number of likely N-dealkylation sites (N-methyl/N-ethyl adjacent to an activating group) is 1. The summed E-state index contributed by atoms with van der Waals surface area (Å²) in [4.78, 5) is 24.9. The average Bonchev–Trinajstić information content (AvgIpc) is 2.91. The number of carbonyl (C=O) groups excluding carboxylic acids is 2. The Bertz CT molecular complexity index is 609. The second-order valence-electron chi connectivity index (χ2n) is 3.97. The summed E-state index contributed by atoms with van der Waals surface area (Å²) in [6.07, 6.45) is 0. The Hall–Kier alpha value is -2.08. The summed E-state index contributed by atoms with van der Waals surface area (Å²) in [5.74, 6) is -0.951. The minimum absolute atomic E-state index is 0.0482. The van der Waals surface area contributed by atoms with E-state index in [0.717, 1.165) is 5.69 Å². The third-order valence-electron chi connectivity index (χ3n) is 2.62. The van der Waals surface area contributed by atoms with Crippen molar-refractivity contribution in [1.82, 2.24) is 0 Å². The van der Waals surface area contributed by atoms with Crippen molar-refractivity contribution in [2.24, 2.45) is 0 Å². The number of nitrogens with zero attached hydrogens (tertiary/aromatic N) is 1. The van der Waals surface area contributed by atoms with E-state index in [9.17, 15) is 9.59 Å². The van der Waals surface area contributed by atoms with Crippen molar-refractivity contribution in [3.8, 4) is 0 Å². The highest BCUT2D eigenvalue weighted by atomic mass is 79.9. The summed E-state index contributed by atoms with van der Waals surface area (Å²) in [5, 5.41) is 0. The monoisotopic (exact) mass is 337 g/mol. The fourth-order valence-corrected chi connectivity index (χ4v) is 1.82. The fraction of sp³-hybridized carbons (Fsp3) is 0.143. The molecule has 0 bridgehead atoms. The summed E-state index contributed by atoms with van der Waals surface area (Å²) < 4.78 is 10.4. The molecular formula is C14H12BrNO4. The number of benzene rings is 1. The highest BCUT2D eigenvalue weighted by Gasteiger charge is 2.16. The van der Waals surface area contributed by atoms with Gasteiger partial charge >= 0.3 is 5.97 Å². The number of hydrogen-bond acceptors (Lipinski definition) is 4. The van der Waals surface area contributed by atoms with E-state index in [0.29, 0.717) is 4.67 Å². The van der Waals surface area contributed by atoms with E-state index in [1.807, 2.05) is 18.2 Å². The molecule has 0 spiro atoms. The zero-order valence-electron chi connectivity index (χ0n) is 10.7. The highest BCUT2D eigenvalue weighted by Crippen LogP contribution is 2.15. The standard InChI is InChI=1S/C14H12BrNO4/c1-16(10-5-3-2-4-6-10)13(17)9-19-14(18)11-7-8-12(15)20-11/h2-8H,9H2,1H3. The van der Waals surface area contributed by atoms with Crippen molar-refractivity contribution in [3.63, 3.8) is 0 Å². The molecule has 6 heteroatoms. The van der Waals surface area contributed by atoms with Crippen molar-refractivity contribution < 1.29 is 18.7 Å². The van der Waals surface area contributed by atoms with Gasteiger partial charge < -0.3 is 14.1 Å². The van der Waals surface area contributed by atoms with Crippen molar-refractivity contribution in [3.05, 3.63) is 52.9 Å². The highest BCUT2D eigenvalue weighted by molar-refractivity contribution is 9.10. The number of hydrogen-bond donors (Lipinski definition) is 0. The molecule has 1 aromatic heterocycles. The van der Waals surface area contributed by atoms with Gasteiger partial charge in [-0.3, -0.25) is 4.79 Å². The Balaban J connectivity index is 1.91. The van der Waals surface area contributed by atoms with Gasteiger partial charge in [0.2, 0.25) is 5.76 Å². The molecule has 0 aliphatic rings. The summed E-state index contributed by atoms with van der Waals surface area (Å²) >= 11 is 3.08. The van der Waals surface area contributed by atoms with Crippen LogP contribution in [-0.2, 0) is 9.53 Å². The number of anilines is 1. The quantitative estimate of drug-likeness (QED) is 0.805. The Morgan fingerprint density at radius 1 is 1.20 bits per heavy atom. The molecule has 0 saturated carbocycles. The van der Waals surface area contributed by atoms with Crippen LogP contribution in [0.15, 0.2) is 51.6 Å². The van der Waals surface area contributed by atoms with E-state index in [4.69, 9.17) is 9.15 Å². The van der Waals surface area contributed by atoms with Gasteiger partial charge in [0.05, 0.1) is 0 Å². The largest absolute Gasteiger partial charge is 0.450 e. The summed E-state index contributed by atoms with van der Waals surface area (Å²) in [7, 11) is 1.62. The van der Waals surface area contributed by atoms with Gasteiger partial charge in [0.15, 0.2) is 11.3 Å². The van der Waals surface area contributed by atoms with Gasteiger partial charge in [0.1, 0.15) is 0 Å². The van der Waals surface area contributed by atoms with E-state index in [2.05, 4.69) is 15.9 Å². The lowest BCUT2D eigenvalue weighted by Gasteiger charge is -2.16. The first-order chi connectivity index (χ1) is 9.58. The van der Waals surface area contributed by atoms with E-state index >= 15 is 0 Å². The second kappa shape index (κ2) is 6.38. The van der Waals surface area contributed by atoms with Gasteiger partial charge in [0.25, 0.3) is 5.91 Å². The lowest BCUT2D eigenvalue weighted by atomic mass is 10.3. The summed E-state index contributed by atoms with van der Waals surface area (Å²) in [5.41, 5.74) is 0.731. The minimum Gasteiger partial charge on any atom is -0.450 e. The molecule has 1 amide bonds. The van der Waals surface area contributed by atoms with Crippen molar-refractivity contribution in [2.75, 3.05) is 18.6 Å². The Morgan fingerprint density at radius 2 is 1.90 bits per heavy atom. The van der Waals surface area contributed by atoms with Crippen LogP contribution in [0.25, 0.3) is 0 Å². The van der Waals surface area contributed by atoms with Crippen LogP contribution >= 0.6 is 15.9 Å². The Kier molecular flexibility index (Phi) is 4.57. The van der Waals surface area contributed by atoms with Crippen LogP contribution in [0.2, 0.25) is 0 Å². The van der Waals surface area contributed by atoms with Crippen LogP contribution in [0.5, 0.6) is 0 Å². The number of para-hydroxylation sites is 1. The van der Waals surface area contributed by atoms with Gasteiger partial charge in [-0.05, 0) is 40.2 Å². The second-order valence-corrected chi connectivity index (χ2v) is 4.75. The number of furan rings is 1. The van der Waals surface area contributed by atoms with E-state index in [1.54, 1.807) is 25.2 Å². The molecule has 20 heavy (non-hydrogen) atoms. The van der Waals surface area contributed by atoms with Crippen molar-refractivity contribution in [1.29, 1.82) is 0 Å². The molecule has 0 atom stereocenters. The average molecular weight is 338 g/mol. The molecule has 0 saturated heterocycles. The Labute approximate surface area is 124 Å². The Morgan fingerprint density at radius 3 is 2.50 bits per heavy atom. The lowest BCUT2D eigenvalue weighted by Crippen LogP contribution is -2.31. The van der Waals surface area contributed by atoms with Gasteiger partial charge in [0, 0.05) is 12.7 Å². The SMILES string of the molecule is CN(C(=O)COC(=O)c1ccc(Br)o1)c1ccccc1. The fourth-order valence-electron chi connectivity index (χ4n) is 1.51. The number of rotatable bonds is 4. The maximum atomic E-state index is 11.9. The maximum absolute atomic E-state index is 11.9. The van der Waals surface area contributed by atoms with Gasteiger partial charge in [-0.2, -0.15) is 0 Å². The van der Waals surface area contributed by atoms with E-state index in [1.165, 1.54) is 11.0 Å². The van der Waals surface area contributed by atoms with Crippen LogP contribution in [-0.4, -0.2) is 25.5 Å². The van der Waals surface area contributed by atoms with Crippen LogP contribution < -0.4 is 4.90 Å². The molecule has 5 nitrogen and oxygen atoms in total. The molecule has 1 heterocycles. The number of amides is 1. The maximum Gasteiger partial charge on any atom is 0.374 e. The third kappa shape index (κ3) is 3.48. The van der Waals surface area contributed by atoms with Gasteiger partial charge in [-0.25, -0.2) is 4.79 Å². The molecule has 0 radical (unpaired) electrons. The smallest absolute Gasteiger partial charge is 0.374 e. The topological polar surface area (TPSA) is 59.8 Å².